The Bertz CT molecular complexity index is 2030. The molecule has 104 heavy (non-hydrogen) atoms. The van der Waals surface area contributed by atoms with E-state index >= 15 is 0 Å². The molecule has 0 fully saturated rings. The van der Waals surface area contributed by atoms with Gasteiger partial charge in [0.1, 0.15) is 19.3 Å². The molecule has 0 aliphatic rings. The predicted octanol–water partition coefficient (Wildman–Crippen LogP) is 25.6. The molecule has 0 rings (SSSR count). The van der Waals surface area contributed by atoms with E-state index < -0.39 is 97.5 Å². The van der Waals surface area contributed by atoms with Gasteiger partial charge in [0.25, 0.3) is 0 Å². The molecule has 0 saturated heterocycles. The van der Waals surface area contributed by atoms with E-state index in [-0.39, 0.29) is 25.7 Å². The zero-order chi connectivity index (χ0) is 76.7. The van der Waals surface area contributed by atoms with Crippen molar-refractivity contribution in [3.05, 3.63) is 0 Å². The van der Waals surface area contributed by atoms with E-state index in [1.165, 1.54) is 244 Å². The number of aliphatic hydroxyl groups excluding tert-OH is 1. The Morgan fingerprint density at radius 1 is 0.269 bits per heavy atom. The van der Waals surface area contributed by atoms with E-state index in [1.807, 2.05) is 0 Å². The lowest BCUT2D eigenvalue weighted by Gasteiger charge is -2.21. The lowest BCUT2D eigenvalue weighted by Crippen LogP contribution is -2.30. The fourth-order valence-corrected chi connectivity index (χ4v) is 14.7. The molecule has 17 nitrogen and oxygen atoms in total. The number of carbonyl (C=O) groups excluding carboxylic acids is 4. The minimum Gasteiger partial charge on any atom is -0.462 e. The fraction of sp³-hybridized carbons (Fsp3) is 0.953. The van der Waals surface area contributed by atoms with Crippen LogP contribution in [0.15, 0.2) is 0 Å². The van der Waals surface area contributed by atoms with Crippen LogP contribution in [0, 0.1) is 23.7 Å². The van der Waals surface area contributed by atoms with Crippen LogP contribution < -0.4 is 0 Å². The van der Waals surface area contributed by atoms with Crippen molar-refractivity contribution in [2.45, 2.75) is 459 Å². The minimum absolute atomic E-state index is 0.106. The largest absolute Gasteiger partial charge is 0.472 e. The summed E-state index contributed by atoms with van der Waals surface area (Å²) in [6.45, 7) is 14.3. The average Bonchev–Trinajstić information content (AvgIpc) is 0.904. The van der Waals surface area contributed by atoms with E-state index in [9.17, 15) is 43.2 Å². The number of esters is 4. The van der Waals surface area contributed by atoms with Crippen LogP contribution in [0.4, 0.5) is 0 Å². The number of ether oxygens (including phenoxy) is 4. The number of carbonyl (C=O) groups is 4. The Morgan fingerprint density at radius 3 is 0.683 bits per heavy atom. The quantitative estimate of drug-likeness (QED) is 0.0222. The van der Waals surface area contributed by atoms with Gasteiger partial charge in [-0.05, 0) is 49.4 Å². The molecule has 618 valence electrons. The van der Waals surface area contributed by atoms with Crippen molar-refractivity contribution in [1.82, 2.24) is 0 Å². The zero-order valence-corrected chi connectivity index (χ0v) is 70.5. The summed E-state index contributed by atoms with van der Waals surface area (Å²) in [7, 11) is -9.93. The molecule has 6 atom stereocenters. The van der Waals surface area contributed by atoms with Crippen LogP contribution in [-0.4, -0.2) is 96.7 Å². The van der Waals surface area contributed by atoms with Crippen molar-refractivity contribution in [2.75, 3.05) is 39.6 Å². The Balaban J connectivity index is 5.27. The number of hydrogen-bond acceptors (Lipinski definition) is 15. The molecule has 0 bridgehead atoms. The maximum absolute atomic E-state index is 13.1. The van der Waals surface area contributed by atoms with E-state index in [4.69, 9.17) is 37.0 Å². The molecular weight excluding hydrogens is 1350 g/mol. The molecule has 3 unspecified atom stereocenters. The van der Waals surface area contributed by atoms with Crippen molar-refractivity contribution in [3.8, 4) is 0 Å². The van der Waals surface area contributed by atoms with Gasteiger partial charge in [-0.2, -0.15) is 0 Å². The number of rotatable bonds is 82. The second-order valence-corrected chi connectivity index (χ2v) is 35.2. The first kappa shape index (κ1) is 102. The highest BCUT2D eigenvalue weighted by molar-refractivity contribution is 7.47. The summed E-state index contributed by atoms with van der Waals surface area (Å²) in [4.78, 5) is 73.2. The summed E-state index contributed by atoms with van der Waals surface area (Å²) in [5.41, 5.74) is 0. The van der Waals surface area contributed by atoms with Crippen molar-refractivity contribution < 1.29 is 80.2 Å². The Kier molecular flexibility index (Phi) is 72.5. The number of phosphoric ester groups is 2. The first-order valence-electron chi connectivity index (χ1n) is 43.7. The molecule has 0 aromatic rings. The van der Waals surface area contributed by atoms with Crippen LogP contribution in [0.2, 0.25) is 0 Å². The summed E-state index contributed by atoms with van der Waals surface area (Å²) in [5, 5.41) is 10.7. The summed E-state index contributed by atoms with van der Waals surface area (Å²) in [6, 6.07) is 0. The zero-order valence-electron chi connectivity index (χ0n) is 68.7. The summed E-state index contributed by atoms with van der Waals surface area (Å²) >= 11 is 0. The highest BCUT2D eigenvalue weighted by Crippen LogP contribution is 2.45. The molecule has 3 N–H and O–H groups in total. The van der Waals surface area contributed by atoms with Crippen molar-refractivity contribution in [2.24, 2.45) is 23.7 Å². The Labute approximate surface area is 638 Å². The third kappa shape index (κ3) is 76.8. The smallest absolute Gasteiger partial charge is 0.462 e. The van der Waals surface area contributed by atoms with Gasteiger partial charge in [-0.15, -0.1) is 0 Å². The molecule has 0 heterocycles. The van der Waals surface area contributed by atoms with Gasteiger partial charge in [0.05, 0.1) is 26.4 Å². The molecule has 0 aliphatic carbocycles. The number of unbranched alkanes of at least 4 members (excludes halogenated alkanes) is 47. The van der Waals surface area contributed by atoms with Gasteiger partial charge in [-0.25, -0.2) is 9.13 Å². The second kappa shape index (κ2) is 73.8. The lowest BCUT2D eigenvalue weighted by molar-refractivity contribution is -0.161. The maximum atomic E-state index is 13.1. The van der Waals surface area contributed by atoms with Gasteiger partial charge in [0.15, 0.2) is 12.2 Å². The standard InChI is InChI=1S/C85H166O17P2/c1-9-78(8)64-56-48-40-35-36-42-50-58-66-83(88)96-72-81(102-85(90)68-60-52-44-34-28-22-21-25-31-39-47-55-63-77(6)7)74-100-104(93,94)98-70-79(86)69-97-103(91,92)99-73-80(71-95-82(87)65-57-49-41-32-26-19-16-12-14-18-24-30-38-46-54-62-76(4)5)101-84(89)67-59-51-43-33-27-20-15-11-10-13-17-23-29-37-45-53-61-75(2)3/h75-81,86H,9-74H2,1-8H3,(H,91,92)(H,93,94)/t78?,79-,80-,81-/m1/s1. The normalized spacial score (nSPS) is 14.2. The predicted molar refractivity (Wildman–Crippen MR) is 428 cm³/mol. The number of hydrogen-bond donors (Lipinski definition) is 3. The monoisotopic (exact) mass is 1520 g/mol. The van der Waals surface area contributed by atoms with Crippen LogP contribution >= 0.6 is 15.6 Å². The second-order valence-electron chi connectivity index (χ2n) is 32.2. The van der Waals surface area contributed by atoms with Gasteiger partial charge >= 0.3 is 39.5 Å². The third-order valence-electron chi connectivity index (χ3n) is 20.2. The molecule has 0 saturated carbocycles. The summed E-state index contributed by atoms with van der Waals surface area (Å²) in [5.74, 6) is 1.06. The van der Waals surface area contributed by atoms with Crippen LogP contribution in [0.5, 0.6) is 0 Å². The molecule has 0 amide bonds. The van der Waals surface area contributed by atoms with Crippen LogP contribution in [-0.2, 0) is 65.4 Å². The van der Waals surface area contributed by atoms with E-state index in [1.54, 1.807) is 0 Å². The van der Waals surface area contributed by atoms with Gasteiger partial charge in [0.2, 0.25) is 0 Å². The molecule has 0 aromatic heterocycles. The minimum atomic E-state index is -4.97. The van der Waals surface area contributed by atoms with Crippen molar-refractivity contribution in [1.29, 1.82) is 0 Å². The molecule has 19 heteroatoms. The van der Waals surface area contributed by atoms with Gasteiger partial charge < -0.3 is 33.8 Å². The van der Waals surface area contributed by atoms with E-state index in [0.29, 0.717) is 25.7 Å². The molecule has 0 spiro atoms. The molecule has 0 aliphatic heterocycles. The average molecular weight is 1520 g/mol. The molecule has 0 aromatic carbocycles. The van der Waals surface area contributed by atoms with Crippen molar-refractivity contribution in [3.63, 3.8) is 0 Å². The maximum Gasteiger partial charge on any atom is 0.472 e. The fourth-order valence-electron chi connectivity index (χ4n) is 13.1. The highest BCUT2D eigenvalue weighted by Gasteiger charge is 2.30. The first-order chi connectivity index (χ1) is 50.1. The summed E-state index contributed by atoms with van der Waals surface area (Å²) < 4.78 is 68.9. The highest BCUT2D eigenvalue weighted by atomic mass is 31.2. The topological polar surface area (TPSA) is 237 Å². The summed E-state index contributed by atoms with van der Waals surface area (Å²) in [6.07, 6.45) is 62.3. The lowest BCUT2D eigenvalue weighted by atomic mass is 9.99. The molecule has 0 radical (unpaired) electrons. The third-order valence-corrected chi connectivity index (χ3v) is 22.1. The Hall–Kier alpha value is -1.94. The van der Waals surface area contributed by atoms with Crippen LogP contribution in [0.25, 0.3) is 0 Å². The van der Waals surface area contributed by atoms with Gasteiger partial charge in [0, 0.05) is 25.7 Å². The van der Waals surface area contributed by atoms with Crippen molar-refractivity contribution >= 4 is 39.5 Å². The number of aliphatic hydroxyl groups is 1. The van der Waals surface area contributed by atoms with Gasteiger partial charge in [-0.3, -0.25) is 37.3 Å². The van der Waals surface area contributed by atoms with Gasteiger partial charge in [-0.1, -0.05) is 389 Å². The first-order valence-corrected chi connectivity index (χ1v) is 46.7. The molecular formula is C85H166O17P2. The van der Waals surface area contributed by atoms with E-state index in [2.05, 4.69) is 55.4 Å². The number of phosphoric acid groups is 2. The van der Waals surface area contributed by atoms with E-state index in [0.717, 1.165) is 114 Å². The Morgan fingerprint density at radius 2 is 0.462 bits per heavy atom. The SMILES string of the molecule is CCC(C)CCCCCCCCCCC(=O)OC[C@H](COP(=O)(O)OC[C@H](O)COP(=O)(O)OC[C@@H](COC(=O)CCCCCCCCCCCCCCCCCC(C)C)OC(=O)CCCCCCCCCCCCCCCCCCC(C)C)OC(=O)CCCCCCCCCCCCCCC(C)C. The van der Waals surface area contributed by atoms with Crippen LogP contribution in [0.3, 0.4) is 0 Å². The van der Waals surface area contributed by atoms with Crippen LogP contribution in [0.1, 0.15) is 441 Å².